The Morgan fingerprint density at radius 2 is 1.57 bits per heavy atom. The number of carbonyl (C=O) groups is 1. The second kappa shape index (κ2) is 23.3. The van der Waals surface area contributed by atoms with Crippen LogP contribution in [0.3, 0.4) is 0 Å². The van der Waals surface area contributed by atoms with E-state index in [0.29, 0.717) is 18.8 Å². The maximum absolute atomic E-state index is 12.0. The van der Waals surface area contributed by atoms with E-state index >= 15 is 0 Å². The first-order valence-electron chi connectivity index (χ1n) is 10.6. The normalized spacial score (nSPS) is 12.0. The van der Waals surface area contributed by atoms with Crippen molar-refractivity contribution in [1.82, 2.24) is 5.32 Å². The van der Waals surface area contributed by atoms with Crippen LogP contribution in [0.25, 0.3) is 0 Å². The van der Waals surface area contributed by atoms with E-state index in [1.165, 1.54) is 26.2 Å². The van der Waals surface area contributed by atoms with Crippen molar-refractivity contribution in [1.29, 1.82) is 0 Å². The highest BCUT2D eigenvalue weighted by Crippen LogP contribution is 1.99. The number of hydrogen-bond acceptors (Lipinski definition) is 8. The van der Waals surface area contributed by atoms with Crippen LogP contribution in [-0.2, 0) is 11.3 Å². The lowest BCUT2D eigenvalue weighted by atomic mass is 10.2. The van der Waals surface area contributed by atoms with E-state index in [-0.39, 0.29) is 23.3 Å². The Hall–Kier alpha value is -3.86. The summed E-state index contributed by atoms with van der Waals surface area (Å²) >= 11 is 0. The van der Waals surface area contributed by atoms with E-state index in [2.05, 4.69) is 34.9 Å². The average Bonchev–Trinajstić information content (AvgIpc) is 2.86. The molecule has 0 spiro atoms. The van der Waals surface area contributed by atoms with Gasteiger partial charge in [-0.25, -0.2) is 0 Å². The van der Waals surface area contributed by atoms with Crippen LogP contribution in [0.2, 0.25) is 0 Å². The zero-order valence-corrected chi connectivity index (χ0v) is 21.2. The monoisotopic (exact) mass is 489 g/mol. The van der Waals surface area contributed by atoms with Crippen LogP contribution in [0.4, 0.5) is 0 Å². The minimum Gasteiger partial charge on any atom is -0.513 e. The van der Waals surface area contributed by atoms with Gasteiger partial charge in [0.1, 0.15) is 17.6 Å². The molecule has 0 bridgehead atoms. The smallest absolute Gasteiger partial charge is 0.244 e. The molecule has 0 aromatic heterocycles. The highest BCUT2D eigenvalue weighted by Gasteiger charge is 2.16. The number of nitrogens with zero attached hydrogens (tertiary/aromatic N) is 1. The Labute approximate surface area is 209 Å². The summed E-state index contributed by atoms with van der Waals surface area (Å²) < 4.78 is 0. The number of rotatable bonds is 9. The number of benzene rings is 1. The summed E-state index contributed by atoms with van der Waals surface area (Å²) in [5.74, 6) is -0.106. The Morgan fingerprint density at radius 1 is 1.03 bits per heavy atom. The molecular formula is C25H43N7O3. The lowest BCUT2D eigenvalue weighted by Crippen LogP contribution is -2.49. The number of aliphatic imine (C=N–C) groups is 1. The summed E-state index contributed by atoms with van der Waals surface area (Å²) in [5, 5.41) is 20.2. The Kier molecular flexibility index (Phi) is 23.8. The molecule has 196 valence electrons. The van der Waals surface area contributed by atoms with Gasteiger partial charge >= 0.3 is 0 Å². The maximum Gasteiger partial charge on any atom is 0.244 e. The second-order valence-electron chi connectivity index (χ2n) is 6.64. The van der Waals surface area contributed by atoms with Crippen LogP contribution < -0.4 is 34.0 Å². The van der Waals surface area contributed by atoms with Crippen LogP contribution in [0.1, 0.15) is 19.4 Å². The molecule has 0 aliphatic carbocycles. The van der Waals surface area contributed by atoms with Gasteiger partial charge in [0.05, 0.1) is 12.3 Å². The molecular weight excluding hydrogens is 446 g/mol. The second-order valence-corrected chi connectivity index (χ2v) is 6.64. The molecule has 0 saturated carbocycles. The van der Waals surface area contributed by atoms with Gasteiger partial charge in [-0.15, -0.1) is 0 Å². The number of amides is 1. The molecule has 1 atom stereocenters. The van der Waals surface area contributed by atoms with E-state index in [1.807, 2.05) is 37.3 Å². The number of nitrogens with one attached hydrogen (secondary N) is 1. The quantitative estimate of drug-likeness (QED) is 0.110. The predicted octanol–water partition coefficient (Wildman–Crippen LogP) is 1.63. The molecule has 1 unspecified atom stereocenters. The van der Waals surface area contributed by atoms with Gasteiger partial charge in [-0.2, -0.15) is 0 Å². The first kappa shape index (κ1) is 35.7. The van der Waals surface area contributed by atoms with Crippen molar-refractivity contribution in [3.05, 3.63) is 96.1 Å². The summed E-state index contributed by atoms with van der Waals surface area (Å²) in [6, 6.07) is 8.54. The first-order chi connectivity index (χ1) is 16.5. The van der Waals surface area contributed by atoms with Crippen LogP contribution in [0, 0.1) is 0 Å². The van der Waals surface area contributed by atoms with Crippen molar-refractivity contribution in [2.75, 3.05) is 20.6 Å². The molecule has 0 aliphatic heterocycles. The van der Waals surface area contributed by atoms with E-state index in [0.717, 1.165) is 11.1 Å². The van der Waals surface area contributed by atoms with Crippen molar-refractivity contribution in [2.45, 2.75) is 26.4 Å². The molecule has 10 nitrogen and oxygen atoms in total. The standard InChI is InChI=1S/C17H24N4O2.C6H9NO.2CH5N/c1-12(8-9-13(2)22)10-20-16(19)15(18)17(23)21-11-14-6-4-3-5-7-14;1-5(7)3-4-6(2)8;2*1-2/h3-9,15,22H,10-11,18H2,1-2H3,(H2,19,20)(H,21,23);3-4,8H,1-2,7H2;2*2H2,1H3/b12-8+,13-9+;4-3-;;. The van der Waals surface area contributed by atoms with Gasteiger partial charge < -0.3 is 44.2 Å². The number of hydrogen-bond donors (Lipinski definition) is 8. The number of amidine groups is 1. The van der Waals surface area contributed by atoms with Gasteiger partial charge in [0.15, 0.2) is 0 Å². The molecule has 35 heavy (non-hydrogen) atoms. The van der Waals surface area contributed by atoms with Gasteiger partial charge in [-0.05, 0) is 51.7 Å². The van der Waals surface area contributed by atoms with Gasteiger partial charge in [-0.3, -0.25) is 9.79 Å². The molecule has 13 N–H and O–H groups in total. The predicted molar refractivity (Wildman–Crippen MR) is 147 cm³/mol. The summed E-state index contributed by atoms with van der Waals surface area (Å²) in [6.45, 7) is 10.7. The number of carbonyl (C=O) groups excluding carboxylic acids is 1. The fourth-order valence-electron chi connectivity index (χ4n) is 1.86. The van der Waals surface area contributed by atoms with Gasteiger partial charge in [-0.1, -0.05) is 55.1 Å². The minimum atomic E-state index is -0.985. The summed E-state index contributed by atoms with van der Waals surface area (Å²) in [5.41, 5.74) is 27.9. The SMILES string of the molecule is C/C(O)=C\C=C(/C)CN=C(N)C(N)C(=O)NCc1ccccc1.C=C(N)/C=C\C(=C)O.CN.CN. The Morgan fingerprint density at radius 3 is 2.00 bits per heavy atom. The number of nitrogens with two attached hydrogens (primary N) is 5. The van der Waals surface area contributed by atoms with Crippen molar-refractivity contribution in [3.63, 3.8) is 0 Å². The molecule has 10 heteroatoms. The molecule has 0 heterocycles. The third-order valence-corrected chi connectivity index (χ3v) is 3.52. The molecule has 1 aromatic carbocycles. The zero-order chi connectivity index (χ0) is 27.8. The molecule has 1 aromatic rings. The number of aliphatic hydroxyl groups is 2. The van der Waals surface area contributed by atoms with E-state index < -0.39 is 6.04 Å². The third-order valence-electron chi connectivity index (χ3n) is 3.52. The summed E-state index contributed by atoms with van der Waals surface area (Å²) in [4.78, 5) is 16.1. The van der Waals surface area contributed by atoms with Crippen LogP contribution >= 0.6 is 0 Å². The topological polar surface area (TPSA) is 212 Å². The molecule has 0 saturated heterocycles. The maximum atomic E-state index is 12.0. The van der Waals surface area contributed by atoms with Gasteiger partial charge in [0, 0.05) is 12.2 Å². The summed E-state index contributed by atoms with van der Waals surface area (Å²) in [7, 11) is 3.00. The van der Waals surface area contributed by atoms with E-state index in [4.69, 9.17) is 27.4 Å². The Balaban J connectivity index is -0.000000716. The van der Waals surface area contributed by atoms with E-state index in [1.54, 1.807) is 19.1 Å². The van der Waals surface area contributed by atoms with Gasteiger partial charge in [0.25, 0.3) is 0 Å². The van der Waals surface area contributed by atoms with Crippen LogP contribution in [0.15, 0.2) is 95.6 Å². The first-order valence-corrected chi connectivity index (χ1v) is 10.6. The molecule has 0 radical (unpaired) electrons. The van der Waals surface area contributed by atoms with Crippen LogP contribution in [0.5, 0.6) is 0 Å². The fraction of sp³-hybridized carbons (Fsp3) is 0.280. The highest BCUT2D eigenvalue weighted by atomic mass is 16.3. The van der Waals surface area contributed by atoms with Crippen molar-refractivity contribution < 1.29 is 15.0 Å². The fourth-order valence-corrected chi connectivity index (χ4v) is 1.86. The lowest BCUT2D eigenvalue weighted by Gasteiger charge is -2.12. The lowest BCUT2D eigenvalue weighted by molar-refractivity contribution is -0.121. The molecule has 1 amide bonds. The highest BCUT2D eigenvalue weighted by molar-refractivity contribution is 6.06. The Bertz CT molecular complexity index is 841. The largest absolute Gasteiger partial charge is 0.513 e. The molecule has 1 rings (SSSR count). The van der Waals surface area contributed by atoms with Crippen molar-refractivity contribution in [3.8, 4) is 0 Å². The number of allylic oxidation sites excluding steroid dienone is 5. The molecule has 0 fully saturated rings. The molecule has 0 aliphatic rings. The van der Waals surface area contributed by atoms with Crippen molar-refractivity contribution in [2.24, 2.45) is 33.7 Å². The van der Waals surface area contributed by atoms with Crippen LogP contribution in [-0.4, -0.2) is 48.6 Å². The number of aliphatic hydroxyl groups excluding tert-OH is 2. The minimum absolute atomic E-state index is 0.0170. The van der Waals surface area contributed by atoms with Gasteiger partial charge in [0.2, 0.25) is 5.91 Å². The average molecular weight is 490 g/mol. The summed E-state index contributed by atoms with van der Waals surface area (Å²) in [6.07, 6.45) is 6.14. The third kappa shape index (κ3) is 23.1. The van der Waals surface area contributed by atoms with E-state index in [9.17, 15) is 4.79 Å². The zero-order valence-electron chi connectivity index (χ0n) is 21.2. The van der Waals surface area contributed by atoms with Crippen molar-refractivity contribution >= 4 is 11.7 Å².